The first-order valence-corrected chi connectivity index (χ1v) is 9.95. The Labute approximate surface area is 176 Å². The lowest BCUT2D eigenvalue weighted by Crippen LogP contribution is -2.26. The number of hydrogen-bond donors (Lipinski definition) is 0. The molecule has 0 atom stereocenters. The van der Waals surface area contributed by atoms with E-state index in [0.717, 1.165) is 28.2 Å². The van der Waals surface area contributed by atoms with E-state index in [1.54, 1.807) is 11.1 Å². The summed E-state index contributed by atoms with van der Waals surface area (Å²) in [6.45, 7) is 5.24. The molecular formula is C24H25N5O. The summed E-state index contributed by atoms with van der Waals surface area (Å²) in [6, 6.07) is 19.7. The van der Waals surface area contributed by atoms with Crippen LogP contribution in [-0.2, 0) is 13.1 Å². The van der Waals surface area contributed by atoms with Crippen LogP contribution in [0.5, 0.6) is 0 Å². The first kappa shape index (κ1) is 19.6. The van der Waals surface area contributed by atoms with Gasteiger partial charge in [0.15, 0.2) is 0 Å². The predicted molar refractivity (Wildman–Crippen MR) is 117 cm³/mol. The molecule has 0 radical (unpaired) electrons. The Bertz CT molecular complexity index is 1130. The molecule has 2 aromatic heterocycles. The van der Waals surface area contributed by atoms with E-state index in [4.69, 9.17) is 0 Å². The number of carbonyl (C=O) groups is 1. The molecule has 0 fully saturated rings. The number of rotatable bonds is 6. The van der Waals surface area contributed by atoms with Crippen LogP contribution in [-0.4, -0.2) is 37.4 Å². The first-order chi connectivity index (χ1) is 14.5. The van der Waals surface area contributed by atoms with Crippen molar-refractivity contribution in [2.45, 2.75) is 26.9 Å². The van der Waals surface area contributed by atoms with Gasteiger partial charge in [-0.15, -0.1) is 0 Å². The van der Waals surface area contributed by atoms with E-state index in [2.05, 4.69) is 10.2 Å². The molecule has 30 heavy (non-hydrogen) atoms. The summed E-state index contributed by atoms with van der Waals surface area (Å²) < 4.78 is 3.80. The fourth-order valence-corrected chi connectivity index (χ4v) is 3.59. The van der Waals surface area contributed by atoms with Crippen molar-refractivity contribution in [3.05, 3.63) is 101 Å². The van der Waals surface area contributed by atoms with Crippen molar-refractivity contribution < 1.29 is 4.79 Å². The summed E-state index contributed by atoms with van der Waals surface area (Å²) >= 11 is 0. The van der Waals surface area contributed by atoms with E-state index in [1.807, 2.05) is 97.1 Å². The number of amides is 1. The second-order valence-corrected chi connectivity index (χ2v) is 7.46. The van der Waals surface area contributed by atoms with Gasteiger partial charge < -0.3 is 4.90 Å². The topological polar surface area (TPSA) is 56.0 Å². The van der Waals surface area contributed by atoms with Crippen molar-refractivity contribution in [2.24, 2.45) is 0 Å². The van der Waals surface area contributed by atoms with E-state index in [0.29, 0.717) is 18.7 Å². The summed E-state index contributed by atoms with van der Waals surface area (Å²) in [7, 11) is 1.83. The van der Waals surface area contributed by atoms with E-state index in [1.165, 1.54) is 0 Å². The Kier molecular flexibility index (Phi) is 5.48. The van der Waals surface area contributed by atoms with Gasteiger partial charge in [0.1, 0.15) is 0 Å². The van der Waals surface area contributed by atoms with E-state index in [9.17, 15) is 4.79 Å². The minimum atomic E-state index is -0.00750. The maximum Gasteiger partial charge on any atom is 0.253 e. The van der Waals surface area contributed by atoms with E-state index >= 15 is 0 Å². The number of aryl methyl sites for hydroxylation is 1. The molecule has 0 aliphatic rings. The van der Waals surface area contributed by atoms with Crippen molar-refractivity contribution in [2.75, 3.05) is 7.05 Å². The lowest BCUT2D eigenvalue weighted by atomic mass is 10.1. The summed E-state index contributed by atoms with van der Waals surface area (Å²) in [5.74, 6) is -0.00750. The second kappa shape index (κ2) is 8.37. The fourth-order valence-electron chi connectivity index (χ4n) is 3.59. The monoisotopic (exact) mass is 399 g/mol. The molecule has 0 spiro atoms. The van der Waals surface area contributed by atoms with Crippen LogP contribution in [0.25, 0.3) is 5.69 Å². The van der Waals surface area contributed by atoms with Crippen molar-refractivity contribution in [1.82, 2.24) is 24.5 Å². The number of aromatic nitrogens is 4. The highest BCUT2D eigenvalue weighted by Gasteiger charge is 2.18. The smallest absolute Gasteiger partial charge is 0.253 e. The molecule has 152 valence electrons. The summed E-state index contributed by atoms with van der Waals surface area (Å²) in [4.78, 5) is 14.7. The van der Waals surface area contributed by atoms with Crippen LogP contribution in [0.2, 0.25) is 0 Å². The standard InChI is InChI=1S/C24H25N5O/c1-18-23(19(2)29(26-18)22-8-5-4-6-9-22)17-27(3)24(30)21-12-10-20(11-13-21)16-28-15-7-14-25-28/h4-15H,16-17H2,1-3H3. The third-order valence-corrected chi connectivity index (χ3v) is 5.29. The van der Waals surface area contributed by atoms with Crippen molar-refractivity contribution in [1.29, 1.82) is 0 Å². The minimum Gasteiger partial charge on any atom is -0.337 e. The highest BCUT2D eigenvalue weighted by molar-refractivity contribution is 5.94. The Morgan fingerprint density at radius 2 is 1.73 bits per heavy atom. The fraction of sp³-hybridized carbons (Fsp3) is 0.208. The Morgan fingerprint density at radius 1 is 1.00 bits per heavy atom. The molecule has 4 aromatic rings. The average Bonchev–Trinajstić information content (AvgIpc) is 3.38. The van der Waals surface area contributed by atoms with Crippen LogP contribution in [0.3, 0.4) is 0 Å². The molecular weight excluding hydrogens is 374 g/mol. The maximum absolute atomic E-state index is 13.0. The Balaban J connectivity index is 1.48. The first-order valence-electron chi connectivity index (χ1n) is 9.95. The van der Waals surface area contributed by atoms with E-state index < -0.39 is 0 Å². The van der Waals surface area contributed by atoms with Gasteiger partial charge in [-0.3, -0.25) is 9.48 Å². The molecule has 0 aliphatic carbocycles. The van der Waals surface area contributed by atoms with Gasteiger partial charge in [-0.25, -0.2) is 4.68 Å². The Morgan fingerprint density at radius 3 is 2.40 bits per heavy atom. The van der Waals surface area contributed by atoms with Crippen LogP contribution < -0.4 is 0 Å². The molecule has 0 bridgehead atoms. The third kappa shape index (κ3) is 4.03. The zero-order chi connectivity index (χ0) is 21.1. The number of carbonyl (C=O) groups excluding carboxylic acids is 1. The molecule has 2 aromatic carbocycles. The number of hydrogen-bond acceptors (Lipinski definition) is 3. The molecule has 6 heteroatoms. The molecule has 0 aliphatic heterocycles. The Hall–Kier alpha value is -3.67. The van der Waals surface area contributed by atoms with Gasteiger partial charge in [-0.05, 0) is 49.7 Å². The molecule has 1 amide bonds. The maximum atomic E-state index is 13.0. The van der Waals surface area contributed by atoms with Crippen molar-refractivity contribution >= 4 is 5.91 Å². The van der Waals surface area contributed by atoms with Crippen LogP contribution in [0, 0.1) is 13.8 Å². The molecule has 0 saturated heterocycles. The summed E-state index contributed by atoms with van der Waals surface area (Å²) in [6.07, 6.45) is 3.68. The zero-order valence-electron chi connectivity index (χ0n) is 17.5. The second-order valence-electron chi connectivity index (χ2n) is 7.46. The highest BCUT2D eigenvalue weighted by Crippen LogP contribution is 2.20. The van der Waals surface area contributed by atoms with Crippen LogP contribution in [0.15, 0.2) is 73.1 Å². The lowest BCUT2D eigenvalue weighted by Gasteiger charge is -2.18. The number of benzene rings is 2. The minimum absolute atomic E-state index is 0.00750. The third-order valence-electron chi connectivity index (χ3n) is 5.29. The van der Waals surface area contributed by atoms with Crippen LogP contribution in [0.1, 0.15) is 32.9 Å². The molecule has 4 rings (SSSR count). The largest absolute Gasteiger partial charge is 0.337 e. The van der Waals surface area contributed by atoms with Gasteiger partial charge >= 0.3 is 0 Å². The predicted octanol–water partition coefficient (Wildman–Crippen LogP) is 4.01. The van der Waals surface area contributed by atoms with Gasteiger partial charge in [0.25, 0.3) is 5.91 Å². The molecule has 2 heterocycles. The van der Waals surface area contributed by atoms with Crippen molar-refractivity contribution in [3.63, 3.8) is 0 Å². The quantitative estimate of drug-likeness (QED) is 0.492. The van der Waals surface area contributed by atoms with E-state index in [-0.39, 0.29) is 5.91 Å². The van der Waals surface area contributed by atoms with Gasteiger partial charge in [0.05, 0.1) is 17.9 Å². The van der Waals surface area contributed by atoms with Gasteiger partial charge in [0.2, 0.25) is 0 Å². The molecule has 6 nitrogen and oxygen atoms in total. The van der Waals surface area contributed by atoms with Gasteiger partial charge in [-0.1, -0.05) is 30.3 Å². The SMILES string of the molecule is Cc1nn(-c2ccccc2)c(C)c1CN(C)C(=O)c1ccc(Cn2cccn2)cc1. The van der Waals surface area contributed by atoms with Crippen molar-refractivity contribution in [3.8, 4) is 5.69 Å². The number of para-hydroxylation sites is 1. The number of nitrogens with zero attached hydrogens (tertiary/aromatic N) is 5. The zero-order valence-corrected chi connectivity index (χ0v) is 17.5. The van der Waals surface area contributed by atoms with Crippen LogP contribution in [0.4, 0.5) is 0 Å². The summed E-state index contributed by atoms with van der Waals surface area (Å²) in [5.41, 5.74) is 5.86. The van der Waals surface area contributed by atoms with Gasteiger partial charge in [0, 0.05) is 42.8 Å². The molecule has 0 saturated carbocycles. The molecule has 0 N–H and O–H groups in total. The highest BCUT2D eigenvalue weighted by atomic mass is 16.2. The lowest BCUT2D eigenvalue weighted by molar-refractivity contribution is 0.0784. The van der Waals surface area contributed by atoms with Crippen LogP contribution >= 0.6 is 0 Å². The van der Waals surface area contributed by atoms with Gasteiger partial charge in [-0.2, -0.15) is 10.2 Å². The molecule has 0 unspecified atom stereocenters. The average molecular weight is 399 g/mol. The normalized spacial score (nSPS) is 10.9. The summed E-state index contributed by atoms with van der Waals surface area (Å²) in [5, 5.41) is 8.90.